The highest BCUT2D eigenvalue weighted by molar-refractivity contribution is 5.78. The van der Waals surface area contributed by atoms with Gasteiger partial charge in [0.2, 0.25) is 5.91 Å². The number of nitrogens with one attached hydrogen (secondary N) is 3. The van der Waals surface area contributed by atoms with Crippen LogP contribution in [0.25, 0.3) is 0 Å². The van der Waals surface area contributed by atoms with E-state index in [0.29, 0.717) is 25.8 Å². The number of carbonyl (C=O) groups excluding carboxylic acids is 2. The molecule has 0 aromatic rings. The molecule has 108 valence electrons. The number of carbonyl (C=O) groups is 3. The molecule has 0 aromatic carbocycles. The predicted molar refractivity (Wildman–Crippen MR) is 68.6 cm³/mol. The van der Waals surface area contributed by atoms with Crippen molar-refractivity contribution in [2.75, 3.05) is 6.54 Å². The molecule has 19 heavy (non-hydrogen) atoms. The van der Waals surface area contributed by atoms with Crippen molar-refractivity contribution >= 4 is 17.9 Å². The lowest BCUT2D eigenvalue weighted by Crippen LogP contribution is -2.52. The van der Waals surface area contributed by atoms with E-state index in [1.54, 1.807) is 0 Å². The monoisotopic (exact) mass is 271 g/mol. The van der Waals surface area contributed by atoms with E-state index in [1.807, 2.05) is 6.92 Å². The molecular formula is C12H21N3O4. The number of carboxylic acid groups (broad SMARTS) is 1. The number of rotatable bonds is 6. The summed E-state index contributed by atoms with van der Waals surface area (Å²) in [4.78, 5) is 33.4. The molecule has 2 atom stereocenters. The summed E-state index contributed by atoms with van der Waals surface area (Å²) < 4.78 is 0. The molecule has 7 nitrogen and oxygen atoms in total. The number of urea groups is 1. The summed E-state index contributed by atoms with van der Waals surface area (Å²) in [5.41, 5.74) is 0. The van der Waals surface area contributed by atoms with Crippen molar-refractivity contribution in [3.05, 3.63) is 0 Å². The van der Waals surface area contributed by atoms with Crippen molar-refractivity contribution in [1.82, 2.24) is 16.0 Å². The van der Waals surface area contributed by atoms with Crippen LogP contribution in [-0.2, 0) is 9.59 Å². The molecule has 1 heterocycles. The second-order valence-electron chi connectivity index (χ2n) is 4.74. The molecule has 1 aliphatic rings. The van der Waals surface area contributed by atoms with Gasteiger partial charge in [0.1, 0.15) is 0 Å². The van der Waals surface area contributed by atoms with Crippen molar-refractivity contribution in [1.29, 1.82) is 0 Å². The van der Waals surface area contributed by atoms with E-state index in [9.17, 15) is 14.4 Å². The summed E-state index contributed by atoms with van der Waals surface area (Å²) in [7, 11) is 0. The van der Waals surface area contributed by atoms with Crippen molar-refractivity contribution < 1.29 is 19.5 Å². The quantitative estimate of drug-likeness (QED) is 0.553. The predicted octanol–water partition coefficient (Wildman–Crippen LogP) is 0.208. The van der Waals surface area contributed by atoms with Gasteiger partial charge in [0.05, 0.1) is 6.42 Å². The minimum Gasteiger partial charge on any atom is -0.481 e. The van der Waals surface area contributed by atoms with Gasteiger partial charge < -0.3 is 21.1 Å². The Balaban J connectivity index is 2.35. The third-order valence-electron chi connectivity index (χ3n) is 2.99. The molecule has 0 saturated carbocycles. The van der Waals surface area contributed by atoms with Crippen LogP contribution >= 0.6 is 0 Å². The van der Waals surface area contributed by atoms with Crippen LogP contribution in [0.2, 0.25) is 0 Å². The molecule has 0 aromatic heterocycles. The Morgan fingerprint density at radius 1 is 1.53 bits per heavy atom. The number of piperidine rings is 1. The fourth-order valence-electron chi connectivity index (χ4n) is 2.05. The number of aliphatic carboxylic acids is 1. The largest absolute Gasteiger partial charge is 0.481 e. The summed E-state index contributed by atoms with van der Waals surface area (Å²) in [6.45, 7) is 2.36. The van der Waals surface area contributed by atoms with E-state index in [0.717, 1.165) is 6.42 Å². The molecule has 1 aliphatic heterocycles. The van der Waals surface area contributed by atoms with Crippen LogP contribution in [0.3, 0.4) is 0 Å². The maximum Gasteiger partial charge on any atom is 0.315 e. The van der Waals surface area contributed by atoms with Gasteiger partial charge in [-0.25, -0.2) is 4.79 Å². The smallest absolute Gasteiger partial charge is 0.315 e. The van der Waals surface area contributed by atoms with Crippen molar-refractivity contribution in [3.8, 4) is 0 Å². The molecule has 0 aliphatic carbocycles. The number of hydrogen-bond donors (Lipinski definition) is 4. The van der Waals surface area contributed by atoms with Gasteiger partial charge >= 0.3 is 12.0 Å². The second-order valence-corrected chi connectivity index (χ2v) is 4.74. The van der Waals surface area contributed by atoms with Gasteiger partial charge in [-0.05, 0) is 12.8 Å². The minimum atomic E-state index is -0.927. The molecular weight excluding hydrogens is 250 g/mol. The standard InChI is InChI=1S/C12H21N3O4/c1-2-3-8(6-11(17)18)14-12(19)15-9-4-5-10(16)13-7-9/h8-9H,2-7H2,1H3,(H,13,16)(H,17,18)(H2,14,15,19). The Kier molecular flexibility index (Phi) is 6.11. The van der Waals surface area contributed by atoms with Gasteiger partial charge in [0, 0.05) is 25.0 Å². The van der Waals surface area contributed by atoms with Gasteiger partial charge in [-0.15, -0.1) is 0 Å². The first-order valence-electron chi connectivity index (χ1n) is 6.56. The average molecular weight is 271 g/mol. The van der Waals surface area contributed by atoms with Gasteiger partial charge in [0.25, 0.3) is 0 Å². The zero-order valence-corrected chi connectivity index (χ0v) is 11.1. The maximum absolute atomic E-state index is 11.7. The molecule has 0 bridgehead atoms. The first kappa shape index (κ1) is 15.3. The zero-order valence-electron chi connectivity index (χ0n) is 11.1. The molecule has 2 unspecified atom stereocenters. The van der Waals surface area contributed by atoms with E-state index in [-0.39, 0.29) is 30.4 Å². The normalized spacial score (nSPS) is 20.3. The van der Waals surface area contributed by atoms with Crippen molar-refractivity contribution in [2.24, 2.45) is 0 Å². The molecule has 0 spiro atoms. The van der Waals surface area contributed by atoms with Gasteiger partial charge in [0.15, 0.2) is 0 Å². The lowest BCUT2D eigenvalue weighted by Gasteiger charge is -2.25. The van der Waals surface area contributed by atoms with Crippen LogP contribution in [0.4, 0.5) is 4.79 Å². The molecule has 1 saturated heterocycles. The van der Waals surface area contributed by atoms with Gasteiger partial charge in [-0.2, -0.15) is 0 Å². The molecule has 3 amide bonds. The Bertz CT molecular complexity index is 336. The minimum absolute atomic E-state index is 0.00630. The Labute approximate surface area is 112 Å². The van der Waals surface area contributed by atoms with E-state index in [1.165, 1.54) is 0 Å². The highest BCUT2D eigenvalue weighted by Crippen LogP contribution is 2.04. The van der Waals surface area contributed by atoms with Crippen molar-refractivity contribution in [3.63, 3.8) is 0 Å². The molecule has 1 fully saturated rings. The first-order valence-corrected chi connectivity index (χ1v) is 6.56. The summed E-state index contributed by atoms with van der Waals surface area (Å²) in [6.07, 6.45) is 2.36. The van der Waals surface area contributed by atoms with Gasteiger partial charge in [-0.1, -0.05) is 13.3 Å². The fraction of sp³-hybridized carbons (Fsp3) is 0.750. The fourth-order valence-corrected chi connectivity index (χ4v) is 2.05. The Morgan fingerprint density at radius 3 is 2.79 bits per heavy atom. The lowest BCUT2D eigenvalue weighted by atomic mass is 10.1. The van der Waals surface area contributed by atoms with Crippen molar-refractivity contribution in [2.45, 2.75) is 51.1 Å². The molecule has 4 N–H and O–H groups in total. The van der Waals surface area contributed by atoms with Crippen LogP contribution < -0.4 is 16.0 Å². The zero-order chi connectivity index (χ0) is 14.3. The molecule has 7 heteroatoms. The number of amides is 3. The number of hydrogen-bond acceptors (Lipinski definition) is 3. The van der Waals surface area contributed by atoms with E-state index < -0.39 is 5.97 Å². The highest BCUT2D eigenvalue weighted by Gasteiger charge is 2.21. The number of carboxylic acids is 1. The van der Waals surface area contributed by atoms with Crippen LogP contribution in [0.1, 0.15) is 39.0 Å². The summed E-state index contributed by atoms with van der Waals surface area (Å²) in [5, 5.41) is 16.8. The van der Waals surface area contributed by atoms with E-state index >= 15 is 0 Å². The Morgan fingerprint density at radius 2 is 2.26 bits per heavy atom. The van der Waals surface area contributed by atoms with E-state index in [4.69, 9.17) is 5.11 Å². The van der Waals surface area contributed by atoms with Crippen LogP contribution in [0.5, 0.6) is 0 Å². The third-order valence-corrected chi connectivity index (χ3v) is 2.99. The SMILES string of the molecule is CCCC(CC(=O)O)NC(=O)NC1CCC(=O)NC1. The molecule has 0 radical (unpaired) electrons. The van der Waals surface area contributed by atoms with Gasteiger partial charge in [-0.3, -0.25) is 9.59 Å². The summed E-state index contributed by atoms with van der Waals surface area (Å²) in [5.74, 6) is -0.933. The third kappa shape index (κ3) is 6.08. The van der Waals surface area contributed by atoms with Crippen LogP contribution in [0, 0.1) is 0 Å². The molecule has 1 rings (SSSR count). The summed E-state index contributed by atoms with van der Waals surface area (Å²) >= 11 is 0. The highest BCUT2D eigenvalue weighted by atomic mass is 16.4. The van der Waals surface area contributed by atoms with E-state index in [2.05, 4.69) is 16.0 Å². The van der Waals surface area contributed by atoms with Crippen LogP contribution in [0.15, 0.2) is 0 Å². The summed E-state index contributed by atoms with van der Waals surface area (Å²) in [6, 6.07) is -0.827. The Hall–Kier alpha value is -1.79. The topological polar surface area (TPSA) is 108 Å². The average Bonchev–Trinajstić information content (AvgIpc) is 2.31. The maximum atomic E-state index is 11.7. The second kappa shape index (κ2) is 7.60. The lowest BCUT2D eigenvalue weighted by molar-refractivity contribution is -0.137. The first-order chi connectivity index (χ1) is 9.01. The van der Waals surface area contributed by atoms with Crippen LogP contribution in [-0.4, -0.2) is 41.6 Å².